The van der Waals surface area contributed by atoms with E-state index in [-0.39, 0.29) is 17.6 Å². The van der Waals surface area contributed by atoms with Gasteiger partial charge in [0, 0.05) is 18.7 Å². The molecule has 0 spiro atoms. The van der Waals surface area contributed by atoms with Gasteiger partial charge in [0.2, 0.25) is 15.9 Å². The topological polar surface area (TPSA) is 66.5 Å². The molecule has 2 rings (SSSR count). The molecular weight excluding hydrogens is 288 g/mol. The predicted octanol–water partition coefficient (Wildman–Crippen LogP) is 2.52. The number of hydrogen-bond acceptors (Lipinski definition) is 3. The number of carbonyl (C=O) groups excluding carboxylic acids is 1. The third-order valence-corrected chi connectivity index (χ3v) is 5.05. The SMILES string of the molecule is Cc1ccc(NS(=O)(=O)CC(C)C)cc1N1CCCC1=O. The molecule has 5 nitrogen and oxygen atoms in total. The van der Waals surface area contributed by atoms with Crippen LogP contribution in [-0.4, -0.2) is 26.6 Å². The van der Waals surface area contributed by atoms with Gasteiger partial charge in [-0.25, -0.2) is 8.42 Å². The summed E-state index contributed by atoms with van der Waals surface area (Å²) in [6, 6.07) is 5.32. The van der Waals surface area contributed by atoms with Gasteiger partial charge < -0.3 is 4.90 Å². The van der Waals surface area contributed by atoms with Crippen LogP contribution >= 0.6 is 0 Å². The predicted molar refractivity (Wildman–Crippen MR) is 85.0 cm³/mol. The van der Waals surface area contributed by atoms with Crippen molar-refractivity contribution in [1.82, 2.24) is 0 Å². The zero-order valence-corrected chi connectivity index (χ0v) is 13.5. The second-order valence-corrected chi connectivity index (χ2v) is 7.69. The first-order valence-electron chi connectivity index (χ1n) is 7.20. The van der Waals surface area contributed by atoms with Gasteiger partial charge in [-0.1, -0.05) is 19.9 Å². The Morgan fingerprint density at radius 2 is 2.05 bits per heavy atom. The van der Waals surface area contributed by atoms with Crippen molar-refractivity contribution in [2.75, 3.05) is 21.9 Å². The standard InChI is InChI=1S/C15H22N2O3S/c1-11(2)10-21(19,20)16-13-7-6-12(3)14(9-13)17-8-4-5-15(17)18/h6-7,9,11,16H,4-5,8,10H2,1-3H3. The summed E-state index contributed by atoms with van der Waals surface area (Å²) in [7, 11) is -3.35. The van der Waals surface area contributed by atoms with Crippen molar-refractivity contribution in [3.63, 3.8) is 0 Å². The maximum absolute atomic E-state index is 12.0. The smallest absolute Gasteiger partial charge is 0.232 e. The molecule has 0 saturated carbocycles. The fourth-order valence-electron chi connectivity index (χ4n) is 2.53. The minimum Gasteiger partial charge on any atom is -0.312 e. The molecule has 1 fully saturated rings. The van der Waals surface area contributed by atoms with Crippen LogP contribution in [0.15, 0.2) is 18.2 Å². The number of hydrogen-bond donors (Lipinski definition) is 1. The molecule has 0 bridgehead atoms. The lowest BCUT2D eigenvalue weighted by Crippen LogP contribution is -2.25. The summed E-state index contributed by atoms with van der Waals surface area (Å²) in [6.07, 6.45) is 1.41. The molecule has 0 aliphatic carbocycles. The van der Waals surface area contributed by atoms with Crippen molar-refractivity contribution in [3.8, 4) is 0 Å². The Labute approximate surface area is 126 Å². The van der Waals surface area contributed by atoms with E-state index in [4.69, 9.17) is 0 Å². The second kappa shape index (κ2) is 6.05. The summed E-state index contributed by atoms with van der Waals surface area (Å²) in [5, 5.41) is 0. The van der Waals surface area contributed by atoms with Crippen molar-refractivity contribution in [3.05, 3.63) is 23.8 Å². The van der Waals surface area contributed by atoms with E-state index in [0.29, 0.717) is 18.7 Å². The number of anilines is 2. The van der Waals surface area contributed by atoms with Crippen LogP contribution in [-0.2, 0) is 14.8 Å². The van der Waals surface area contributed by atoms with Gasteiger partial charge in [0.05, 0.1) is 11.4 Å². The van der Waals surface area contributed by atoms with E-state index in [9.17, 15) is 13.2 Å². The van der Waals surface area contributed by atoms with Gasteiger partial charge in [0.15, 0.2) is 0 Å². The van der Waals surface area contributed by atoms with Crippen molar-refractivity contribution in [2.45, 2.75) is 33.6 Å². The third kappa shape index (κ3) is 3.97. The quantitative estimate of drug-likeness (QED) is 0.908. The number of aryl methyl sites for hydroxylation is 1. The minimum atomic E-state index is -3.35. The first-order chi connectivity index (χ1) is 9.78. The molecule has 1 aromatic carbocycles. The van der Waals surface area contributed by atoms with Crippen LogP contribution in [0.2, 0.25) is 0 Å². The highest BCUT2D eigenvalue weighted by molar-refractivity contribution is 7.92. The van der Waals surface area contributed by atoms with Gasteiger partial charge >= 0.3 is 0 Å². The van der Waals surface area contributed by atoms with Crippen LogP contribution in [0.1, 0.15) is 32.3 Å². The van der Waals surface area contributed by atoms with Gasteiger partial charge in [-0.3, -0.25) is 9.52 Å². The van der Waals surface area contributed by atoms with Crippen LogP contribution < -0.4 is 9.62 Å². The Balaban J connectivity index is 2.25. The van der Waals surface area contributed by atoms with E-state index in [1.165, 1.54) is 0 Å². The Bertz CT molecular complexity index is 638. The van der Waals surface area contributed by atoms with Crippen LogP contribution in [0.25, 0.3) is 0 Å². The maximum Gasteiger partial charge on any atom is 0.232 e. The zero-order chi connectivity index (χ0) is 15.6. The lowest BCUT2D eigenvalue weighted by molar-refractivity contribution is -0.117. The van der Waals surface area contributed by atoms with Gasteiger partial charge in [-0.15, -0.1) is 0 Å². The monoisotopic (exact) mass is 310 g/mol. The number of sulfonamides is 1. The summed E-state index contributed by atoms with van der Waals surface area (Å²) in [5.41, 5.74) is 2.27. The molecule has 1 aliphatic heterocycles. The van der Waals surface area contributed by atoms with E-state index < -0.39 is 10.0 Å². The molecule has 6 heteroatoms. The van der Waals surface area contributed by atoms with Gasteiger partial charge in [-0.05, 0) is 37.0 Å². The van der Waals surface area contributed by atoms with Gasteiger partial charge in [-0.2, -0.15) is 0 Å². The molecule has 1 N–H and O–H groups in total. The summed E-state index contributed by atoms with van der Waals surface area (Å²) >= 11 is 0. The highest BCUT2D eigenvalue weighted by Crippen LogP contribution is 2.28. The number of amides is 1. The molecule has 1 aromatic rings. The molecule has 1 saturated heterocycles. The number of rotatable bonds is 5. The van der Waals surface area contributed by atoms with Gasteiger partial charge in [0.25, 0.3) is 0 Å². The normalized spacial score (nSPS) is 15.8. The van der Waals surface area contributed by atoms with Crippen LogP contribution in [0.4, 0.5) is 11.4 Å². The second-order valence-electron chi connectivity index (χ2n) is 5.93. The number of nitrogens with zero attached hydrogens (tertiary/aromatic N) is 1. The van der Waals surface area contributed by atoms with Crippen LogP contribution in [0, 0.1) is 12.8 Å². The first kappa shape index (κ1) is 15.8. The van der Waals surface area contributed by atoms with E-state index in [2.05, 4.69) is 4.72 Å². The van der Waals surface area contributed by atoms with Crippen LogP contribution in [0.5, 0.6) is 0 Å². The van der Waals surface area contributed by atoms with E-state index in [1.54, 1.807) is 17.0 Å². The Morgan fingerprint density at radius 3 is 2.62 bits per heavy atom. The molecule has 1 heterocycles. The molecule has 116 valence electrons. The largest absolute Gasteiger partial charge is 0.312 e. The minimum absolute atomic E-state index is 0.0626. The van der Waals surface area contributed by atoms with Crippen molar-refractivity contribution >= 4 is 27.3 Å². The van der Waals surface area contributed by atoms with Crippen molar-refractivity contribution in [2.24, 2.45) is 5.92 Å². The molecule has 0 atom stereocenters. The average Bonchev–Trinajstić information content (AvgIpc) is 2.76. The summed E-state index contributed by atoms with van der Waals surface area (Å²) in [5.74, 6) is 0.242. The summed E-state index contributed by atoms with van der Waals surface area (Å²) < 4.78 is 26.6. The highest BCUT2D eigenvalue weighted by atomic mass is 32.2. The third-order valence-electron chi connectivity index (χ3n) is 3.40. The van der Waals surface area contributed by atoms with Crippen LogP contribution in [0.3, 0.4) is 0 Å². The molecule has 21 heavy (non-hydrogen) atoms. The summed E-state index contributed by atoms with van der Waals surface area (Å²) in [4.78, 5) is 13.6. The highest BCUT2D eigenvalue weighted by Gasteiger charge is 2.23. The molecule has 0 aromatic heterocycles. The molecule has 0 radical (unpaired) electrons. The maximum atomic E-state index is 12.0. The van der Waals surface area contributed by atoms with E-state index in [0.717, 1.165) is 17.7 Å². The number of benzene rings is 1. The van der Waals surface area contributed by atoms with Crippen molar-refractivity contribution in [1.29, 1.82) is 0 Å². The fraction of sp³-hybridized carbons (Fsp3) is 0.533. The molecular formula is C15H22N2O3S. The molecule has 0 unspecified atom stereocenters. The average molecular weight is 310 g/mol. The lowest BCUT2D eigenvalue weighted by Gasteiger charge is -2.20. The van der Waals surface area contributed by atoms with E-state index in [1.807, 2.05) is 26.8 Å². The number of carbonyl (C=O) groups is 1. The van der Waals surface area contributed by atoms with Gasteiger partial charge in [0.1, 0.15) is 0 Å². The lowest BCUT2D eigenvalue weighted by atomic mass is 10.1. The Morgan fingerprint density at radius 1 is 1.33 bits per heavy atom. The first-order valence-corrected chi connectivity index (χ1v) is 8.85. The Hall–Kier alpha value is -1.56. The van der Waals surface area contributed by atoms with E-state index >= 15 is 0 Å². The molecule has 1 aliphatic rings. The van der Waals surface area contributed by atoms with Crippen molar-refractivity contribution < 1.29 is 13.2 Å². The fourth-order valence-corrected chi connectivity index (χ4v) is 3.97. The molecule has 1 amide bonds. The summed E-state index contributed by atoms with van der Waals surface area (Å²) in [6.45, 7) is 6.35. The number of nitrogens with one attached hydrogen (secondary N) is 1. The Kier molecular flexibility index (Phi) is 4.56. The zero-order valence-electron chi connectivity index (χ0n) is 12.7.